The van der Waals surface area contributed by atoms with Gasteiger partial charge in [0.25, 0.3) is 0 Å². The van der Waals surface area contributed by atoms with Gasteiger partial charge in [-0.25, -0.2) is 4.39 Å². The molecule has 1 aromatic rings. The van der Waals surface area contributed by atoms with E-state index >= 15 is 0 Å². The lowest BCUT2D eigenvalue weighted by atomic mass is 10.1. The van der Waals surface area contributed by atoms with Gasteiger partial charge in [-0.3, -0.25) is 0 Å². The van der Waals surface area contributed by atoms with E-state index in [1.54, 1.807) is 0 Å². The van der Waals surface area contributed by atoms with Crippen LogP contribution in [0, 0.1) is 0 Å². The molecule has 0 N–H and O–H groups in total. The van der Waals surface area contributed by atoms with Crippen molar-refractivity contribution >= 4 is 15.9 Å². The van der Waals surface area contributed by atoms with Crippen LogP contribution in [-0.2, 0) is 12.9 Å². The molecule has 1 aromatic carbocycles. The molecule has 0 aliphatic carbocycles. The molecule has 0 fully saturated rings. The van der Waals surface area contributed by atoms with Crippen molar-refractivity contribution in [3.05, 3.63) is 33.8 Å². The lowest BCUT2D eigenvalue weighted by Crippen LogP contribution is -2.04. The second-order valence-corrected chi connectivity index (χ2v) is 3.29. The summed E-state index contributed by atoms with van der Waals surface area (Å²) in [6.45, 7) is -0.779. The molecule has 0 saturated carbocycles. The molecule has 0 aromatic heterocycles. The topological polar surface area (TPSA) is 0 Å². The van der Waals surface area contributed by atoms with E-state index in [2.05, 4.69) is 15.9 Å². The van der Waals surface area contributed by atoms with Crippen LogP contribution in [0.1, 0.15) is 11.1 Å². The Morgan fingerprint density at radius 3 is 2.23 bits per heavy atom. The van der Waals surface area contributed by atoms with E-state index < -0.39 is 18.4 Å². The van der Waals surface area contributed by atoms with Crippen molar-refractivity contribution in [1.29, 1.82) is 0 Å². The van der Waals surface area contributed by atoms with Gasteiger partial charge in [-0.15, -0.1) is 0 Å². The van der Waals surface area contributed by atoms with Gasteiger partial charge in [-0.1, -0.05) is 22.0 Å². The Labute approximate surface area is 80.7 Å². The van der Waals surface area contributed by atoms with E-state index in [-0.39, 0.29) is 10.0 Å². The third-order valence-corrected chi connectivity index (χ3v) is 2.26. The standard InChI is InChI=1S/C8H5BrF4/c9-7-3-6(8(11,12)13)2-1-5(7)4-10/h1-3H,4H2. The number of alkyl halides is 4. The fourth-order valence-corrected chi connectivity index (χ4v) is 1.32. The van der Waals surface area contributed by atoms with Crippen LogP contribution in [0.25, 0.3) is 0 Å². The average Bonchev–Trinajstić information content (AvgIpc) is 2.02. The zero-order chi connectivity index (χ0) is 10.1. The summed E-state index contributed by atoms with van der Waals surface area (Å²) in [4.78, 5) is 0. The molecule has 0 unspecified atom stereocenters. The summed E-state index contributed by atoms with van der Waals surface area (Å²) in [7, 11) is 0. The molecule has 0 aliphatic rings. The first-order valence-corrected chi connectivity index (χ1v) is 4.16. The van der Waals surface area contributed by atoms with Crippen molar-refractivity contribution in [3.8, 4) is 0 Å². The lowest BCUT2D eigenvalue weighted by molar-refractivity contribution is -0.137. The van der Waals surface area contributed by atoms with Crippen molar-refractivity contribution in [1.82, 2.24) is 0 Å². The van der Waals surface area contributed by atoms with Crippen LogP contribution < -0.4 is 0 Å². The number of hydrogen-bond donors (Lipinski definition) is 0. The lowest BCUT2D eigenvalue weighted by Gasteiger charge is -2.07. The summed E-state index contributed by atoms with van der Waals surface area (Å²) in [6, 6.07) is 2.85. The zero-order valence-electron chi connectivity index (χ0n) is 6.33. The number of rotatable bonds is 1. The Balaban J connectivity index is 3.10. The van der Waals surface area contributed by atoms with Crippen molar-refractivity contribution in [2.24, 2.45) is 0 Å². The van der Waals surface area contributed by atoms with Crippen LogP contribution in [0.15, 0.2) is 22.7 Å². The van der Waals surface area contributed by atoms with Crippen LogP contribution in [0.4, 0.5) is 17.6 Å². The third-order valence-electron chi connectivity index (χ3n) is 1.52. The molecule has 0 radical (unpaired) electrons. The highest BCUT2D eigenvalue weighted by Gasteiger charge is 2.30. The van der Waals surface area contributed by atoms with E-state index in [0.717, 1.165) is 18.2 Å². The van der Waals surface area contributed by atoms with E-state index in [1.165, 1.54) is 0 Å². The predicted molar refractivity (Wildman–Crippen MR) is 44.0 cm³/mol. The molecule has 0 bridgehead atoms. The summed E-state index contributed by atoms with van der Waals surface area (Å²) >= 11 is 2.86. The molecule has 0 amide bonds. The molecule has 0 aliphatic heterocycles. The first kappa shape index (κ1) is 10.5. The van der Waals surface area contributed by atoms with Crippen molar-refractivity contribution in [2.75, 3.05) is 0 Å². The van der Waals surface area contributed by atoms with Crippen molar-refractivity contribution in [3.63, 3.8) is 0 Å². The Morgan fingerprint density at radius 1 is 1.23 bits per heavy atom. The Morgan fingerprint density at radius 2 is 1.85 bits per heavy atom. The van der Waals surface area contributed by atoms with Crippen LogP contribution in [0.5, 0.6) is 0 Å². The smallest absolute Gasteiger partial charge is 0.246 e. The maximum absolute atomic E-state index is 12.1. The van der Waals surface area contributed by atoms with Crippen LogP contribution in [0.2, 0.25) is 0 Å². The minimum atomic E-state index is -4.38. The maximum Gasteiger partial charge on any atom is 0.416 e. The van der Waals surface area contributed by atoms with Gasteiger partial charge >= 0.3 is 6.18 Å². The SMILES string of the molecule is FCc1ccc(C(F)(F)F)cc1Br. The second-order valence-electron chi connectivity index (χ2n) is 2.44. The fraction of sp³-hybridized carbons (Fsp3) is 0.250. The summed E-state index contributed by atoms with van der Waals surface area (Å²) < 4.78 is 48.5. The molecule has 0 heterocycles. The van der Waals surface area contributed by atoms with Gasteiger partial charge in [-0.2, -0.15) is 13.2 Å². The Hall–Kier alpha value is -0.580. The number of hydrogen-bond acceptors (Lipinski definition) is 0. The predicted octanol–water partition coefficient (Wildman–Crippen LogP) is 3.94. The average molecular weight is 257 g/mol. The van der Waals surface area contributed by atoms with Gasteiger partial charge in [-0.05, 0) is 17.7 Å². The summed E-state index contributed by atoms with van der Waals surface area (Å²) in [5.74, 6) is 0. The summed E-state index contributed by atoms with van der Waals surface area (Å²) in [6.07, 6.45) is -4.38. The minimum Gasteiger partial charge on any atom is -0.246 e. The van der Waals surface area contributed by atoms with Gasteiger partial charge in [0, 0.05) is 4.47 Å². The fourth-order valence-electron chi connectivity index (χ4n) is 0.832. The zero-order valence-corrected chi connectivity index (χ0v) is 7.91. The van der Waals surface area contributed by atoms with Crippen LogP contribution in [0.3, 0.4) is 0 Å². The monoisotopic (exact) mass is 256 g/mol. The molecular formula is C8H5BrF4. The molecular weight excluding hydrogens is 252 g/mol. The molecule has 13 heavy (non-hydrogen) atoms. The van der Waals surface area contributed by atoms with E-state index in [4.69, 9.17) is 0 Å². The molecule has 72 valence electrons. The largest absolute Gasteiger partial charge is 0.416 e. The summed E-state index contributed by atoms with van der Waals surface area (Å²) in [5.41, 5.74) is -0.565. The van der Waals surface area contributed by atoms with Crippen LogP contribution in [-0.4, -0.2) is 0 Å². The van der Waals surface area contributed by atoms with Crippen LogP contribution >= 0.6 is 15.9 Å². The molecule has 5 heteroatoms. The van der Waals surface area contributed by atoms with Gasteiger partial charge in [0.15, 0.2) is 0 Å². The first-order valence-electron chi connectivity index (χ1n) is 3.36. The Bertz CT molecular complexity index is 306. The van der Waals surface area contributed by atoms with Crippen molar-refractivity contribution in [2.45, 2.75) is 12.9 Å². The Kier molecular flexibility index (Phi) is 2.95. The van der Waals surface area contributed by atoms with Gasteiger partial charge in [0.2, 0.25) is 0 Å². The highest BCUT2D eigenvalue weighted by atomic mass is 79.9. The molecule has 0 spiro atoms. The van der Waals surface area contributed by atoms with Gasteiger partial charge in [0.05, 0.1) is 5.56 Å². The molecule has 1 rings (SSSR count). The highest BCUT2D eigenvalue weighted by molar-refractivity contribution is 9.10. The second kappa shape index (κ2) is 3.65. The van der Waals surface area contributed by atoms with E-state index in [9.17, 15) is 17.6 Å². The minimum absolute atomic E-state index is 0.143. The van der Waals surface area contributed by atoms with Crippen molar-refractivity contribution < 1.29 is 17.6 Å². The quantitative estimate of drug-likeness (QED) is 0.668. The van der Waals surface area contributed by atoms with Gasteiger partial charge < -0.3 is 0 Å². The highest BCUT2D eigenvalue weighted by Crippen LogP contribution is 2.32. The van der Waals surface area contributed by atoms with E-state index in [1.807, 2.05) is 0 Å². The summed E-state index contributed by atoms with van der Waals surface area (Å²) in [5, 5.41) is 0. The molecule has 0 nitrogen and oxygen atoms in total. The third kappa shape index (κ3) is 2.43. The molecule has 0 atom stereocenters. The van der Waals surface area contributed by atoms with E-state index in [0.29, 0.717) is 0 Å². The van der Waals surface area contributed by atoms with Gasteiger partial charge in [0.1, 0.15) is 6.67 Å². The number of benzene rings is 1. The number of halogens is 5. The first-order chi connectivity index (χ1) is 5.95. The normalized spacial score (nSPS) is 11.8. The molecule has 0 saturated heterocycles. The maximum atomic E-state index is 12.1.